The highest BCUT2D eigenvalue weighted by Gasteiger charge is 2.11. The van der Waals surface area contributed by atoms with Crippen LogP contribution in [-0.2, 0) is 0 Å². The van der Waals surface area contributed by atoms with Gasteiger partial charge in [-0.2, -0.15) is 5.10 Å². The molecule has 0 amide bonds. The fraction of sp³-hybridized carbons (Fsp3) is 0.158. The molecule has 0 atom stereocenters. The summed E-state index contributed by atoms with van der Waals surface area (Å²) >= 11 is 5.19. The van der Waals surface area contributed by atoms with E-state index in [2.05, 4.69) is 32.4 Å². The lowest BCUT2D eigenvalue weighted by Gasteiger charge is -2.08. The number of hydrogen-bond donors (Lipinski definition) is 1. The molecule has 0 unspecified atom stereocenters. The number of phenols is 1. The van der Waals surface area contributed by atoms with Crippen molar-refractivity contribution >= 4 is 33.0 Å². The van der Waals surface area contributed by atoms with Gasteiger partial charge in [0.2, 0.25) is 4.80 Å². The molecule has 0 radical (unpaired) electrons. The highest BCUT2D eigenvalue weighted by molar-refractivity contribution is 9.10. The molecular weight excluding hydrogens is 398 g/mol. The summed E-state index contributed by atoms with van der Waals surface area (Å²) in [5.74, 6) is 0.246. The molecule has 0 spiro atoms. The van der Waals surface area contributed by atoms with Crippen molar-refractivity contribution in [3.05, 3.63) is 68.7 Å². The summed E-state index contributed by atoms with van der Waals surface area (Å²) in [5.41, 5.74) is 3.86. The Labute approximate surface area is 158 Å². The first-order valence-corrected chi connectivity index (χ1v) is 9.58. The predicted molar refractivity (Wildman–Crippen MR) is 107 cm³/mol. The first kappa shape index (κ1) is 17.6. The fourth-order valence-corrected chi connectivity index (χ4v) is 3.78. The molecule has 0 aliphatic carbocycles. The molecule has 3 aromatic rings. The van der Waals surface area contributed by atoms with Crippen LogP contribution in [0, 0.1) is 0 Å². The third-order valence-corrected chi connectivity index (χ3v) is 5.21. The molecule has 1 N–H and O–H groups in total. The van der Waals surface area contributed by atoms with E-state index in [0.717, 1.165) is 31.8 Å². The van der Waals surface area contributed by atoms with Crippen LogP contribution in [0.15, 0.2) is 68.5 Å². The monoisotopic (exact) mass is 415 g/mol. The lowest BCUT2D eigenvalue weighted by molar-refractivity contribution is 0.475. The first-order chi connectivity index (χ1) is 12.1. The second kappa shape index (κ2) is 7.80. The Morgan fingerprint density at radius 1 is 1.16 bits per heavy atom. The Bertz CT molecular complexity index is 971. The van der Waals surface area contributed by atoms with Crippen LogP contribution in [0.3, 0.4) is 0 Å². The Morgan fingerprint density at radius 3 is 2.56 bits per heavy atom. The molecule has 0 aliphatic rings. The van der Waals surface area contributed by atoms with Gasteiger partial charge in [-0.15, -0.1) is 11.3 Å². The summed E-state index contributed by atoms with van der Waals surface area (Å²) in [6, 6.07) is 15.1. The van der Waals surface area contributed by atoms with E-state index < -0.39 is 0 Å². The van der Waals surface area contributed by atoms with E-state index in [-0.39, 0.29) is 5.75 Å². The molecule has 4 nitrogen and oxygen atoms in total. The van der Waals surface area contributed by atoms with Gasteiger partial charge in [0.15, 0.2) is 0 Å². The van der Waals surface area contributed by atoms with Gasteiger partial charge < -0.3 is 5.11 Å². The van der Waals surface area contributed by atoms with Crippen molar-refractivity contribution in [3.8, 4) is 17.0 Å². The number of benzene rings is 2. The molecule has 0 bridgehead atoms. The number of thiazole rings is 1. The quantitative estimate of drug-likeness (QED) is 0.606. The summed E-state index contributed by atoms with van der Waals surface area (Å²) in [4.78, 5) is 5.42. The smallest absolute Gasteiger partial charge is 0.206 e. The van der Waals surface area contributed by atoms with Gasteiger partial charge in [0, 0.05) is 22.0 Å². The Morgan fingerprint density at radius 2 is 1.88 bits per heavy atom. The average molecular weight is 416 g/mol. The van der Waals surface area contributed by atoms with Crippen LogP contribution in [0.25, 0.3) is 11.3 Å². The van der Waals surface area contributed by atoms with Gasteiger partial charge in [0.25, 0.3) is 0 Å². The molecule has 0 saturated heterocycles. The van der Waals surface area contributed by atoms with Crippen molar-refractivity contribution in [3.63, 3.8) is 0 Å². The summed E-state index contributed by atoms with van der Waals surface area (Å²) in [6.45, 7) is 4.67. The number of aromatic nitrogens is 1. The number of rotatable bonds is 4. The van der Waals surface area contributed by atoms with Gasteiger partial charge >= 0.3 is 0 Å². The molecule has 0 fully saturated rings. The molecule has 25 heavy (non-hydrogen) atoms. The normalized spacial score (nSPS) is 12.6. The van der Waals surface area contributed by atoms with Crippen molar-refractivity contribution in [1.29, 1.82) is 0 Å². The minimum Gasteiger partial charge on any atom is -0.508 e. The average Bonchev–Trinajstić information content (AvgIpc) is 2.99. The van der Waals surface area contributed by atoms with E-state index >= 15 is 0 Å². The first-order valence-electron chi connectivity index (χ1n) is 7.91. The molecule has 0 saturated carbocycles. The number of phenolic OH excluding ortho intramolecular Hbond substituents is 1. The maximum atomic E-state index is 9.47. The SMILES string of the molecule is CCN=c1scc(-c2ccccc2Br)n1N=C(C)c1ccc(O)cc1. The van der Waals surface area contributed by atoms with Gasteiger partial charge in [-0.05, 0) is 49.7 Å². The van der Waals surface area contributed by atoms with E-state index in [0.29, 0.717) is 6.54 Å². The van der Waals surface area contributed by atoms with E-state index in [1.54, 1.807) is 23.5 Å². The lowest BCUT2D eigenvalue weighted by Crippen LogP contribution is -2.14. The number of aromatic hydroxyl groups is 1. The van der Waals surface area contributed by atoms with Crippen LogP contribution in [0.4, 0.5) is 0 Å². The second-order valence-electron chi connectivity index (χ2n) is 5.40. The topological polar surface area (TPSA) is 49.9 Å². The fourth-order valence-electron chi connectivity index (χ4n) is 2.40. The van der Waals surface area contributed by atoms with Gasteiger partial charge in [-0.3, -0.25) is 4.99 Å². The van der Waals surface area contributed by atoms with Crippen LogP contribution < -0.4 is 4.80 Å². The summed E-state index contributed by atoms with van der Waals surface area (Å²) in [5, 5.41) is 16.3. The zero-order chi connectivity index (χ0) is 17.8. The molecule has 3 rings (SSSR count). The Balaban J connectivity index is 2.15. The lowest BCUT2D eigenvalue weighted by atomic mass is 10.1. The largest absolute Gasteiger partial charge is 0.508 e. The van der Waals surface area contributed by atoms with Crippen molar-refractivity contribution in [1.82, 2.24) is 4.68 Å². The van der Waals surface area contributed by atoms with Crippen LogP contribution in [0.5, 0.6) is 5.75 Å². The van der Waals surface area contributed by atoms with Crippen molar-refractivity contribution in [2.24, 2.45) is 10.1 Å². The van der Waals surface area contributed by atoms with Gasteiger partial charge in [-0.1, -0.05) is 34.1 Å². The highest BCUT2D eigenvalue weighted by Crippen LogP contribution is 2.28. The van der Waals surface area contributed by atoms with E-state index in [1.165, 1.54) is 0 Å². The van der Waals surface area contributed by atoms with E-state index in [4.69, 9.17) is 5.10 Å². The molecular formula is C19H18BrN3OS. The molecule has 2 aromatic carbocycles. The van der Waals surface area contributed by atoms with Crippen LogP contribution in [-0.4, -0.2) is 22.0 Å². The van der Waals surface area contributed by atoms with Gasteiger partial charge in [0.05, 0.1) is 11.4 Å². The molecule has 1 aromatic heterocycles. The predicted octanol–water partition coefficient (Wildman–Crippen LogP) is 4.88. The molecule has 128 valence electrons. The minimum atomic E-state index is 0.246. The summed E-state index contributed by atoms with van der Waals surface area (Å²) in [6.07, 6.45) is 0. The number of hydrogen-bond acceptors (Lipinski definition) is 4. The number of halogens is 1. The summed E-state index contributed by atoms with van der Waals surface area (Å²) in [7, 11) is 0. The Kier molecular flexibility index (Phi) is 5.50. The number of nitrogens with zero attached hydrogens (tertiary/aromatic N) is 3. The van der Waals surface area contributed by atoms with Crippen LogP contribution in [0.1, 0.15) is 19.4 Å². The highest BCUT2D eigenvalue weighted by atomic mass is 79.9. The van der Waals surface area contributed by atoms with Crippen molar-refractivity contribution in [2.45, 2.75) is 13.8 Å². The summed E-state index contributed by atoms with van der Waals surface area (Å²) < 4.78 is 2.90. The van der Waals surface area contributed by atoms with Crippen LogP contribution >= 0.6 is 27.3 Å². The van der Waals surface area contributed by atoms with Crippen LogP contribution in [0.2, 0.25) is 0 Å². The zero-order valence-corrected chi connectivity index (χ0v) is 16.4. The third-order valence-electron chi connectivity index (χ3n) is 3.66. The standard InChI is InChI=1S/C19H18BrN3OS/c1-3-21-19-23(22-13(2)14-8-10-15(24)11-9-14)18(12-25-19)16-6-4-5-7-17(16)20/h4-12,24H,3H2,1-2H3. The third kappa shape index (κ3) is 3.91. The minimum absolute atomic E-state index is 0.246. The zero-order valence-electron chi connectivity index (χ0n) is 14.0. The van der Waals surface area contributed by atoms with Gasteiger partial charge in [-0.25, -0.2) is 4.68 Å². The molecule has 0 aliphatic heterocycles. The van der Waals surface area contributed by atoms with Crippen molar-refractivity contribution < 1.29 is 5.11 Å². The van der Waals surface area contributed by atoms with Crippen molar-refractivity contribution in [2.75, 3.05) is 6.54 Å². The maximum absolute atomic E-state index is 9.47. The second-order valence-corrected chi connectivity index (χ2v) is 7.09. The van der Waals surface area contributed by atoms with E-state index in [9.17, 15) is 5.11 Å². The molecule has 1 heterocycles. The Hall–Kier alpha value is -2.18. The molecule has 6 heteroatoms. The maximum Gasteiger partial charge on any atom is 0.206 e. The van der Waals surface area contributed by atoms with Gasteiger partial charge in [0.1, 0.15) is 5.75 Å². The van der Waals surface area contributed by atoms with E-state index in [1.807, 2.05) is 48.9 Å².